The van der Waals surface area contributed by atoms with E-state index in [-0.39, 0.29) is 0 Å². The molecule has 1 saturated heterocycles. The van der Waals surface area contributed by atoms with Gasteiger partial charge in [0.1, 0.15) is 0 Å². The monoisotopic (exact) mass is 219 g/mol. The van der Waals surface area contributed by atoms with E-state index in [2.05, 4.69) is 5.32 Å². The summed E-state index contributed by atoms with van der Waals surface area (Å²) in [5.41, 5.74) is -0.584. The maximum atomic E-state index is 9.87. The highest BCUT2D eigenvalue weighted by Crippen LogP contribution is 2.12. The zero-order valence-electron chi connectivity index (χ0n) is 9.08. The predicted molar refractivity (Wildman–Crippen MR) is 60.8 cm³/mol. The average molecular weight is 219 g/mol. The van der Waals surface area contributed by atoms with Crippen LogP contribution in [0.25, 0.3) is 0 Å². The molecule has 1 fully saturated rings. The van der Waals surface area contributed by atoms with Gasteiger partial charge in [0.2, 0.25) is 0 Å². The van der Waals surface area contributed by atoms with Gasteiger partial charge in [-0.2, -0.15) is 11.8 Å². The summed E-state index contributed by atoms with van der Waals surface area (Å²) >= 11 is 1.68. The summed E-state index contributed by atoms with van der Waals surface area (Å²) < 4.78 is 5.28. The molecule has 0 bridgehead atoms. The molecular formula is C10H21NO2S. The van der Waals surface area contributed by atoms with Crippen LogP contribution in [0.4, 0.5) is 0 Å². The lowest BCUT2D eigenvalue weighted by Crippen LogP contribution is -2.41. The molecule has 1 aliphatic rings. The summed E-state index contributed by atoms with van der Waals surface area (Å²) in [6, 6.07) is 0. The average Bonchev–Trinajstić information content (AvgIpc) is 2.56. The number of ether oxygens (including phenoxy) is 1. The van der Waals surface area contributed by atoms with Gasteiger partial charge in [-0.15, -0.1) is 0 Å². The highest BCUT2D eigenvalue weighted by Gasteiger charge is 2.20. The Morgan fingerprint density at radius 3 is 3.00 bits per heavy atom. The van der Waals surface area contributed by atoms with Gasteiger partial charge in [0, 0.05) is 25.4 Å². The summed E-state index contributed by atoms with van der Waals surface area (Å²) in [4.78, 5) is 0. The maximum Gasteiger partial charge on any atom is 0.0833 e. The van der Waals surface area contributed by atoms with Crippen molar-refractivity contribution in [2.24, 2.45) is 5.92 Å². The number of thioether (sulfide) groups is 1. The minimum absolute atomic E-state index is 0.584. The quantitative estimate of drug-likeness (QED) is 0.691. The van der Waals surface area contributed by atoms with Crippen LogP contribution >= 0.6 is 11.8 Å². The molecule has 0 spiro atoms. The minimum atomic E-state index is -0.584. The third-order valence-corrected chi connectivity index (χ3v) is 3.33. The molecule has 4 heteroatoms. The van der Waals surface area contributed by atoms with Crippen molar-refractivity contribution in [3.8, 4) is 0 Å². The van der Waals surface area contributed by atoms with Crippen molar-refractivity contribution in [2.75, 3.05) is 38.3 Å². The van der Waals surface area contributed by atoms with Crippen LogP contribution in [0.5, 0.6) is 0 Å². The van der Waals surface area contributed by atoms with Gasteiger partial charge < -0.3 is 15.2 Å². The SMILES string of the molecule is CSCC(C)(O)CNCC1CCOC1. The van der Waals surface area contributed by atoms with E-state index in [4.69, 9.17) is 4.74 Å². The topological polar surface area (TPSA) is 41.5 Å². The summed E-state index contributed by atoms with van der Waals surface area (Å²) in [6.45, 7) is 5.28. The zero-order valence-corrected chi connectivity index (χ0v) is 9.90. The number of rotatable bonds is 6. The molecule has 0 radical (unpaired) electrons. The van der Waals surface area contributed by atoms with Gasteiger partial charge in [-0.1, -0.05) is 0 Å². The molecule has 2 atom stereocenters. The zero-order chi connectivity index (χ0) is 10.4. The summed E-state index contributed by atoms with van der Waals surface area (Å²) in [6.07, 6.45) is 3.16. The van der Waals surface area contributed by atoms with Crippen molar-refractivity contribution in [3.05, 3.63) is 0 Å². The van der Waals surface area contributed by atoms with Gasteiger partial charge in [0.15, 0.2) is 0 Å². The van der Waals surface area contributed by atoms with Crippen molar-refractivity contribution in [3.63, 3.8) is 0 Å². The summed E-state index contributed by atoms with van der Waals surface area (Å²) in [7, 11) is 0. The first kappa shape index (κ1) is 12.3. The van der Waals surface area contributed by atoms with E-state index in [1.807, 2.05) is 13.2 Å². The number of hydrogen-bond donors (Lipinski definition) is 2. The van der Waals surface area contributed by atoms with Gasteiger partial charge in [-0.25, -0.2) is 0 Å². The Hall–Kier alpha value is 0.230. The molecule has 0 aromatic carbocycles. The van der Waals surface area contributed by atoms with Gasteiger partial charge in [-0.05, 0) is 25.5 Å². The molecule has 2 unspecified atom stereocenters. The second-order valence-electron chi connectivity index (χ2n) is 4.29. The summed E-state index contributed by atoms with van der Waals surface area (Å²) in [5, 5.41) is 13.2. The van der Waals surface area contributed by atoms with E-state index in [9.17, 15) is 5.11 Å². The first-order valence-electron chi connectivity index (χ1n) is 5.14. The van der Waals surface area contributed by atoms with E-state index in [0.29, 0.717) is 12.5 Å². The Balaban J connectivity index is 2.07. The fourth-order valence-corrected chi connectivity index (χ4v) is 2.38. The molecule has 84 valence electrons. The Morgan fingerprint density at radius 2 is 2.43 bits per heavy atom. The Labute approximate surface area is 90.6 Å². The third-order valence-electron chi connectivity index (χ3n) is 2.42. The fraction of sp³-hybridized carbons (Fsp3) is 1.00. The van der Waals surface area contributed by atoms with Crippen LogP contribution < -0.4 is 5.32 Å². The third kappa shape index (κ3) is 4.64. The lowest BCUT2D eigenvalue weighted by molar-refractivity contribution is 0.0833. The molecule has 2 N–H and O–H groups in total. The van der Waals surface area contributed by atoms with Crippen molar-refractivity contribution in [1.82, 2.24) is 5.32 Å². The molecule has 0 aliphatic carbocycles. The number of nitrogens with one attached hydrogen (secondary N) is 1. The van der Waals surface area contributed by atoms with Crippen molar-refractivity contribution < 1.29 is 9.84 Å². The fourth-order valence-electron chi connectivity index (χ4n) is 1.65. The van der Waals surface area contributed by atoms with E-state index in [1.54, 1.807) is 11.8 Å². The first-order valence-corrected chi connectivity index (χ1v) is 6.53. The molecule has 0 aromatic heterocycles. The van der Waals surface area contributed by atoms with Crippen LogP contribution in [0.3, 0.4) is 0 Å². The molecule has 1 rings (SSSR count). The van der Waals surface area contributed by atoms with Crippen LogP contribution in [0.15, 0.2) is 0 Å². The highest BCUT2D eigenvalue weighted by molar-refractivity contribution is 7.98. The lowest BCUT2D eigenvalue weighted by atomic mass is 10.1. The van der Waals surface area contributed by atoms with Crippen LogP contribution in [-0.4, -0.2) is 49.0 Å². The molecule has 3 nitrogen and oxygen atoms in total. The van der Waals surface area contributed by atoms with Gasteiger partial charge in [-0.3, -0.25) is 0 Å². The van der Waals surface area contributed by atoms with E-state index < -0.39 is 5.60 Å². The highest BCUT2D eigenvalue weighted by atomic mass is 32.2. The number of hydrogen-bond acceptors (Lipinski definition) is 4. The van der Waals surface area contributed by atoms with E-state index >= 15 is 0 Å². The lowest BCUT2D eigenvalue weighted by Gasteiger charge is -2.23. The second-order valence-corrected chi connectivity index (χ2v) is 5.16. The first-order chi connectivity index (χ1) is 6.64. The van der Waals surface area contributed by atoms with Crippen molar-refractivity contribution >= 4 is 11.8 Å². The van der Waals surface area contributed by atoms with Crippen molar-refractivity contribution in [1.29, 1.82) is 0 Å². The Bertz CT molecular complexity index is 158. The van der Waals surface area contributed by atoms with Crippen LogP contribution in [0, 0.1) is 5.92 Å². The standard InChI is InChI=1S/C10H21NO2S/c1-10(12,8-14-2)7-11-5-9-3-4-13-6-9/h9,11-12H,3-8H2,1-2H3. The minimum Gasteiger partial charge on any atom is -0.388 e. The van der Waals surface area contributed by atoms with Crippen LogP contribution in [0.1, 0.15) is 13.3 Å². The Kier molecular flexibility index (Phi) is 5.23. The Morgan fingerprint density at radius 1 is 1.64 bits per heavy atom. The molecular weight excluding hydrogens is 198 g/mol. The molecule has 1 aliphatic heterocycles. The predicted octanol–water partition coefficient (Wildman–Crippen LogP) is 0.726. The smallest absolute Gasteiger partial charge is 0.0833 e. The van der Waals surface area contributed by atoms with Crippen LogP contribution in [0.2, 0.25) is 0 Å². The molecule has 0 amide bonds. The summed E-state index contributed by atoms with van der Waals surface area (Å²) in [5.74, 6) is 1.42. The maximum absolute atomic E-state index is 9.87. The van der Waals surface area contributed by atoms with E-state index in [0.717, 1.165) is 31.9 Å². The molecule has 0 aromatic rings. The van der Waals surface area contributed by atoms with Gasteiger partial charge >= 0.3 is 0 Å². The van der Waals surface area contributed by atoms with Gasteiger partial charge in [0.25, 0.3) is 0 Å². The largest absolute Gasteiger partial charge is 0.388 e. The van der Waals surface area contributed by atoms with E-state index in [1.165, 1.54) is 0 Å². The molecule has 0 saturated carbocycles. The van der Waals surface area contributed by atoms with Crippen LogP contribution in [-0.2, 0) is 4.74 Å². The number of aliphatic hydroxyl groups is 1. The molecule has 1 heterocycles. The second kappa shape index (κ2) is 5.95. The molecule has 14 heavy (non-hydrogen) atoms. The van der Waals surface area contributed by atoms with Gasteiger partial charge in [0.05, 0.1) is 12.2 Å². The van der Waals surface area contributed by atoms with Crippen molar-refractivity contribution in [2.45, 2.75) is 18.9 Å². The normalized spacial score (nSPS) is 26.4.